The third kappa shape index (κ3) is 2.67. The number of rotatable bonds is 4. The Bertz CT molecular complexity index is 460. The van der Waals surface area contributed by atoms with Crippen molar-refractivity contribution in [2.75, 3.05) is 11.9 Å². The van der Waals surface area contributed by atoms with Gasteiger partial charge in [-0.15, -0.1) is 0 Å². The largest absolute Gasteiger partial charge is 0.374 e. The predicted molar refractivity (Wildman–Crippen MR) is 59.8 cm³/mol. The fourth-order valence-corrected chi connectivity index (χ4v) is 1.27. The van der Waals surface area contributed by atoms with Crippen LogP contribution in [0.3, 0.4) is 0 Å². The van der Waals surface area contributed by atoms with Gasteiger partial charge < -0.3 is 10.0 Å². The SMILES string of the molecule is CC(O)N(C)c1ccc([N+](=O)[O-])cc1[N+](=O)[O-]. The van der Waals surface area contributed by atoms with Crippen molar-refractivity contribution in [1.29, 1.82) is 0 Å². The number of aliphatic hydroxyl groups excluding tert-OH is 1. The minimum Gasteiger partial charge on any atom is -0.374 e. The molecule has 0 saturated carbocycles. The van der Waals surface area contributed by atoms with Crippen molar-refractivity contribution in [1.82, 2.24) is 0 Å². The number of hydrogen-bond acceptors (Lipinski definition) is 6. The highest BCUT2D eigenvalue weighted by atomic mass is 16.6. The minimum atomic E-state index is -0.935. The lowest BCUT2D eigenvalue weighted by Crippen LogP contribution is -2.28. The van der Waals surface area contributed by atoms with Crippen LogP contribution in [-0.2, 0) is 0 Å². The smallest absolute Gasteiger partial charge is 0.299 e. The first-order valence-corrected chi connectivity index (χ1v) is 4.68. The molecular formula is C9H11N3O5. The Kier molecular flexibility index (Phi) is 3.59. The minimum absolute atomic E-state index is 0.121. The van der Waals surface area contributed by atoms with E-state index in [2.05, 4.69) is 0 Å². The molecule has 17 heavy (non-hydrogen) atoms. The summed E-state index contributed by atoms with van der Waals surface area (Å²) in [6.45, 7) is 1.44. The van der Waals surface area contributed by atoms with Gasteiger partial charge in [-0.2, -0.15) is 0 Å². The Morgan fingerprint density at radius 2 is 1.88 bits per heavy atom. The van der Waals surface area contributed by atoms with Gasteiger partial charge in [0, 0.05) is 13.1 Å². The first kappa shape index (κ1) is 12.8. The molecular weight excluding hydrogens is 230 g/mol. The third-order valence-electron chi connectivity index (χ3n) is 2.31. The lowest BCUT2D eigenvalue weighted by molar-refractivity contribution is -0.393. The van der Waals surface area contributed by atoms with Gasteiger partial charge in [-0.05, 0) is 13.0 Å². The number of aliphatic hydroxyl groups is 1. The van der Waals surface area contributed by atoms with Gasteiger partial charge in [0.05, 0.1) is 15.9 Å². The third-order valence-corrected chi connectivity index (χ3v) is 2.31. The number of hydrogen-bond donors (Lipinski definition) is 1. The maximum Gasteiger partial charge on any atom is 0.299 e. The topological polar surface area (TPSA) is 110 Å². The van der Waals surface area contributed by atoms with Gasteiger partial charge in [0.25, 0.3) is 11.4 Å². The van der Waals surface area contributed by atoms with Gasteiger partial charge >= 0.3 is 0 Å². The maximum atomic E-state index is 10.8. The van der Waals surface area contributed by atoms with Gasteiger partial charge in [0.1, 0.15) is 11.9 Å². The summed E-state index contributed by atoms with van der Waals surface area (Å²) in [4.78, 5) is 21.1. The van der Waals surface area contributed by atoms with Crippen molar-refractivity contribution in [3.8, 4) is 0 Å². The Labute approximate surface area is 96.4 Å². The van der Waals surface area contributed by atoms with Crippen LogP contribution in [-0.4, -0.2) is 28.2 Å². The van der Waals surface area contributed by atoms with E-state index in [0.29, 0.717) is 0 Å². The van der Waals surface area contributed by atoms with Gasteiger partial charge in [-0.25, -0.2) is 0 Å². The molecule has 92 valence electrons. The van der Waals surface area contributed by atoms with Crippen LogP contribution in [0.4, 0.5) is 17.1 Å². The Balaban J connectivity index is 3.32. The molecule has 0 aliphatic rings. The van der Waals surface area contributed by atoms with Crippen molar-refractivity contribution in [2.45, 2.75) is 13.2 Å². The number of nitro benzene ring substituents is 2. The zero-order valence-corrected chi connectivity index (χ0v) is 9.23. The number of benzene rings is 1. The van der Waals surface area contributed by atoms with Crippen LogP contribution in [0.1, 0.15) is 6.92 Å². The van der Waals surface area contributed by atoms with Crippen molar-refractivity contribution >= 4 is 17.1 Å². The average Bonchev–Trinajstić information content (AvgIpc) is 2.26. The van der Waals surface area contributed by atoms with E-state index in [9.17, 15) is 25.3 Å². The normalized spacial score (nSPS) is 11.9. The molecule has 1 atom stereocenters. The molecule has 0 aliphatic carbocycles. The Morgan fingerprint density at radius 3 is 2.29 bits per heavy atom. The maximum absolute atomic E-state index is 10.8. The van der Waals surface area contributed by atoms with E-state index in [1.54, 1.807) is 0 Å². The highest BCUT2D eigenvalue weighted by molar-refractivity contribution is 5.66. The first-order chi connectivity index (χ1) is 7.84. The molecule has 0 bridgehead atoms. The van der Waals surface area contributed by atoms with E-state index in [1.807, 2.05) is 0 Å². The standard InChI is InChI=1S/C9H11N3O5/c1-6(13)10(2)8-4-3-7(11(14)15)5-9(8)12(16)17/h3-6,13H,1-2H3. The molecule has 1 rings (SSSR count). The van der Waals surface area contributed by atoms with Crippen LogP contribution in [0.15, 0.2) is 18.2 Å². The molecule has 1 aromatic rings. The Morgan fingerprint density at radius 1 is 1.29 bits per heavy atom. The second kappa shape index (κ2) is 4.74. The fraction of sp³-hybridized carbons (Fsp3) is 0.333. The molecule has 8 heteroatoms. The van der Waals surface area contributed by atoms with Crippen LogP contribution in [0.25, 0.3) is 0 Å². The van der Waals surface area contributed by atoms with E-state index in [1.165, 1.54) is 24.9 Å². The average molecular weight is 241 g/mol. The molecule has 1 N–H and O–H groups in total. The molecule has 0 aliphatic heterocycles. The van der Waals surface area contributed by atoms with E-state index in [0.717, 1.165) is 12.1 Å². The summed E-state index contributed by atoms with van der Waals surface area (Å²) >= 11 is 0. The van der Waals surface area contributed by atoms with Crippen LogP contribution in [0.5, 0.6) is 0 Å². The van der Waals surface area contributed by atoms with Crippen molar-refractivity contribution < 1.29 is 15.0 Å². The molecule has 0 aromatic heterocycles. The van der Waals surface area contributed by atoms with Gasteiger partial charge in [-0.1, -0.05) is 0 Å². The molecule has 0 radical (unpaired) electrons. The quantitative estimate of drug-likeness (QED) is 0.483. The number of non-ortho nitro benzene ring substituents is 1. The van der Waals surface area contributed by atoms with E-state index < -0.39 is 21.8 Å². The molecule has 1 aromatic carbocycles. The van der Waals surface area contributed by atoms with Crippen molar-refractivity contribution in [3.05, 3.63) is 38.4 Å². The summed E-state index contributed by atoms with van der Waals surface area (Å²) in [5, 5.41) is 30.6. The van der Waals surface area contributed by atoms with E-state index in [4.69, 9.17) is 0 Å². The van der Waals surface area contributed by atoms with Crippen molar-refractivity contribution in [2.24, 2.45) is 0 Å². The van der Waals surface area contributed by atoms with Gasteiger partial charge in [-0.3, -0.25) is 20.2 Å². The second-order valence-corrected chi connectivity index (χ2v) is 3.43. The summed E-state index contributed by atoms with van der Waals surface area (Å²) in [5.41, 5.74) is -0.655. The summed E-state index contributed by atoms with van der Waals surface area (Å²) < 4.78 is 0. The number of anilines is 1. The van der Waals surface area contributed by atoms with Crippen molar-refractivity contribution in [3.63, 3.8) is 0 Å². The van der Waals surface area contributed by atoms with E-state index in [-0.39, 0.29) is 11.4 Å². The summed E-state index contributed by atoms with van der Waals surface area (Å²) in [7, 11) is 1.46. The number of nitro groups is 2. The second-order valence-electron chi connectivity index (χ2n) is 3.43. The molecule has 1 unspecified atom stereocenters. The van der Waals surface area contributed by atoms with Crippen LogP contribution in [0.2, 0.25) is 0 Å². The highest BCUT2D eigenvalue weighted by Crippen LogP contribution is 2.31. The molecule has 8 nitrogen and oxygen atoms in total. The fourth-order valence-electron chi connectivity index (χ4n) is 1.27. The summed E-state index contributed by atoms with van der Waals surface area (Å²) in [5.74, 6) is 0. The molecule has 0 saturated heterocycles. The predicted octanol–water partition coefficient (Wildman–Crippen LogP) is 1.28. The van der Waals surface area contributed by atoms with Gasteiger partial charge in [0.15, 0.2) is 0 Å². The van der Waals surface area contributed by atoms with Crippen LogP contribution >= 0.6 is 0 Å². The summed E-state index contributed by atoms with van der Waals surface area (Å²) in [6.07, 6.45) is -0.935. The Hall–Kier alpha value is -2.22. The van der Waals surface area contributed by atoms with Crippen LogP contribution in [0, 0.1) is 20.2 Å². The van der Waals surface area contributed by atoms with E-state index >= 15 is 0 Å². The summed E-state index contributed by atoms with van der Waals surface area (Å²) in [6, 6.07) is 3.26. The molecule has 0 amide bonds. The molecule has 0 fully saturated rings. The zero-order valence-electron chi connectivity index (χ0n) is 9.23. The van der Waals surface area contributed by atoms with Crippen LogP contribution < -0.4 is 4.90 Å². The molecule has 0 spiro atoms. The molecule has 0 heterocycles. The first-order valence-electron chi connectivity index (χ1n) is 4.68. The van der Waals surface area contributed by atoms with Gasteiger partial charge in [0.2, 0.25) is 0 Å². The lowest BCUT2D eigenvalue weighted by atomic mass is 10.2. The highest BCUT2D eigenvalue weighted by Gasteiger charge is 2.23. The number of nitrogens with zero attached hydrogens (tertiary/aromatic N) is 3. The lowest BCUT2D eigenvalue weighted by Gasteiger charge is -2.21. The monoisotopic (exact) mass is 241 g/mol. The zero-order chi connectivity index (χ0) is 13.2.